The molecule has 0 rings (SSSR count). The van der Waals surface area contributed by atoms with Gasteiger partial charge in [-0.3, -0.25) is 0 Å². The highest BCUT2D eigenvalue weighted by atomic mass is 14.1. The lowest BCUT2D eigenvalue weighted by molar-refractivity contribution is 0.427. The van der Waals surface area contributed by atoms with Crippen LogP contribution >= 0.6 is 0 Å². The standard InChI is InChI=1S/C19H39/c1-4-7-9-11-12-14-16-18-19(6-3)17-15-13-10-8-5-2/h16,19H,4-15,17-18H2,1-3H3. The van der Waals surface area contributed by atoms with Crippen LogP contribution in [-0.2, 0) is 0 Å². The summed E-state index contributed by atoms with van der Waals surface area (Å²) in [6.07, 6.45) is 22.4. The quantitative estimate of drug-likeness (QED) is 0.272. The van der Waals surface area contributed by atoms with Crippen LogP contribution in [0.2, 0.25) is 0 Å². The minimum absolute atomic E-state index is 0.970. The lowest BCUT2D eigenvalue weighted by Crippen LogP contribution is -1.99. The molecule has 0 bridgehead atoms. The van der Waals surface area contributed by atoms with Crippen LogP contribution in [0.25, 0.3) is 0 Å². The first-order valence-electron chi connectivity index (χ1n) is 9.16. The smallest absolute Gasteiger partial charge is 0.0383 e. The summed E-state index contributed by atoms with van der Waals surface area (Å²) in [5, 5.41) is 0. The monoisotopic (exact) mass is 267 g/mol. The van der Waals surface area contributed by atoms with Gasteiger partial charge >= 0.3 is 0 Å². The average Bonchev–Trinajstić information content (AvgIpc) is 2.44. The second-order valence-corrected chi connectivity index (χ2v) is 6.20. The molecule has 0 spiro atoms. The van der Waals surface area contributed by atoms with E-state index in [0.29, 0.717) is 0 Å². The van der Waals surface area contributed by atoms with E-state index in [-0.39, 0.29) is 0 Å². The molecule has 0 aliphatic carbocycles. The first kappa shape index (κ1) is 19.0. The normalized spacial score (nSPS) is 12.8. The molecule has 0 amide bonds. The van der Waals surface area contributed by atoms with Crippen molar-refractivity contribution in [3.63, 3.8) is 0 Å². The summed E-state index contributed by atoms with van der Waals surface area (Å²) in [6, 6.07) is 0. The summed E-state index contributed by atoms with van der Waals surface area (Å²) in [5.74, 6) is 0.970. The Labute approximate surface area is 123 Å². The van der Waals surface area contributed by atoms with E-state index < -0.39 is 0 Å². The summed E-state index contributed by atoms with van der Waals surface area (Å²) in [5.41, 5.74) is 0. The highest BCUT2D eigenvalue weighted by Crippen LogP contribution is 2.21. The van der Waals surface area contributed by atoms with Gasteiger partial charge in [0.25, 0.3) is 0 Å². The first-order valence-corrected chi connectivity index (χ1v) is 9.16. The highest BCUT2D eigenvalue weighted by Gasteiger charge is 2.05. The molecule has 0 nitrogen and oxygen atoms in total. The van der Waals surface area contributed by atoms with E-state index in [9.17, 15) is 0 Å². The molecule has 0 aromatic heterocycles. The van der Waals surface area contributed by atoms with Gasteiger partial charge in [-0.25, -0.2) is 0 Å². The van der Waals surface area contributed by atoms with E-state index in [4.69, 9.17) is 0 Å². The Morgan fingerprint density at radius 3 is 1.84 bits per heavy atom. The van der Waals surface area contributed by atoms with Crippen LogP contribution in [0.1, 0.15) is 111 Å². The number of rotatable bonds is 15. The maximum Gasteiger partial charge on any atom is -0.0383 e. The molecular formula is C19H39. The van der Waals surface area contributed by atoms with Crippen molar-refractivity contribution in [2.75, 3.05) is 0 Å². The van der Waals surface area contributed by atoms with Crippen LogP contribution in [-0.4, -0.2) is 0 Å². The van der Waals surface area contributed by atoms with Crippen LogP contribution in [0, 0.1) is 12.3 Å². The predicted molar refractivity (Wildman–Crippen MR) is 89.5 cm³/mol. The molecule has 0 aromatic carbocycles. The van der Waals surface area contributed by atoms with Gasteiger partial charge in [0.15, 0.2) is 0 Å². The molecule has 19 heavy (non-hydrogen) atoms. The molecule has 0 saturated carbocycles. The lowest BCUT2D eigenvalue weighted by atomic mass is 9.92. The van der Waals surface area contributed by atoms with E-state index >= 15 is 0 Å². The fourth-order valence-electron chi connectivity index (χ4n) is 2.77. The van der Waals surface area contributed by atoms with Gasteiger partial charge in [-0.1, -0.05) is 104 Å². The molecule has 0 aliphatic rings. The van der Waals surface area contributed by atoms with Crippen molar-refractivity contribution in [1.82, 2.24) is 0 Å². The van der Waals surface area contributed by atoms with Crippen LogP contribution in [0.3, 0.4) is 0 Å². The fraction of sp³-hybridized carbons (Fsp3) is 0.947. The van der Waals surface area contributed by atoms with E-state index in [1.165, 1.54) is 89.9 Å². The zero-order chi connectivity index (χ0) is 14.2. The molecule has 0 heteroatoms. The van der Waals surface area contributed by atoms with Crippen LogP contribution in [0.15, 0.2) is 0 Å². The second-order valence-electron chi connectivity index (χ2n) is 6.20. The van der Waals surface area contributed by atoms with E-state index in [1.54, 1.807) is 0 Å². The third kappa shape index (κ3) is 14.2. The number of hydrogen-bond acceptors (Lipinski definition) is 0. The summed E-state index contributed by atoms with van der Waals surface area (Å²) in [4.78, 5) is 0. The minimum Gasteiger partial charge on any atom is -0.0654 e. The summed E-state index contributed by atoms with van der Waals surface area (Å²) < 4.78 is 0. The van der Waals surface area contributed by atoms with Crippen molar-refractivity contribution in [1.29, 1.82) is 0 Å². The second kappa shape index (κ2) is 16.1. The SMILES string of the molecule is CCCCCCC[CH]CC(CC)CCCCCCC. The molecular weight excluding hydrogens is 228 g/mol. The zero-order valence-electron chi connectivity index (χ0n) is 14.1. The molecule has 1 radical (unpaired) electrons. The maximum absolute atomic E-state index is 2.58. The molecule has 0 aromatic rings. The van der Waals surface area contributed by atoms with Crippen molar-refractivity contribution in [3.8, 4) is 0 Å². The summed E-state index contributed by atoms with van der Waals surface area (Å²) in [7, 11) is 0. The van der Waals surface area contributed by atoms with Crippen molar-refractivity contribution >= 4 is 0 Å². The van der Waals surface area contributed by atoms with E-state index in [1.807, 2.05) is 0 Å². The van der Waals surface area contributed by atoms with Crippen molar-refractivity contribution in [2.45, 2.75) is 111 Å². The third-order valence-electron chi connectivity index (χ3n) is 4.31. The number of unbranched alkanes of at least 4 members (excludes halogenated alkanes) is 10. The highest BCUT2D eigenvalue weighted by molar-refractivity contribution is 4.71. The zero-order valence-corrected chi connectivity index (χ0v) is 14.1. The molecule has 0 heterocycles. The summed E-state index contributed by atoms with van der Waals surface area (Å²) >= 11 is 0. The Kier molecular flexibility index (Phi) is 16.1. The van der Waals surface area contributed by atoms with Gasteiger partial charge in [-0.15, -0.1) is 0 Å². The fourth-order valence-corrected chi connectivity index (χ4v) is 2.77. The van der Waals surface area contributed by atoms with Gasteiger partial charge in [0.05, 0.1) is 0 Å². The van der Waals surface area contributed by atoms with Gasteiger partial charge in [0.1, 0.15) is 0 Å². The van der Waals surface area contributed by atoms with E-state index in [2.05, 4.69) is 27.2 Å². The van der Waals surface area contributed by atoms with E-state index in [0.717, 1.165) is 5.92 Å². The first-order chi connectivity index (χ1) is 9.35. The Bertz CT molecular complexity index is 150. The average molecular weight is 268 g/mol. The Hall–Kier alpha value is 0. The van der Waals surface area contributed by atoms with Crippen molar-refractivity contribution in [2.24, 2.45) is 5.92 Å². The Balaban J connectivity index is 3.29. The number of hydrogen-bond donors (Lipinski definition) is 0. The van der Waals surface area contributed by atoms with Gasteiger partial charge in [0.2, 0.25) is 0 Å². The Morgan fingerprint density at radius 1 is 0.684 bits per heavy atom. The van der Waals surface area contributed by atoms with Gasteiger partial charge in [0, 0.05) is 0 Å². The minimum atomic E-state index is 0.970. The van der Waals surface area contributed by atoms with Crippen LogP contribution in [0.4, 0.5) is 0 Å². The molecule has 0 saturated heterocycles. The molecule has 1 atom stereocenters. The molecule has 1 unspecified atom stereocenters. The predicted octanol–water partition coefficient (Wildman–Crippen LogP) is 7.33. The lowest BCUT2D eigenvalue weighted by Gasteiger charge is -2.14. The third-order valence-corrected chi connectivity index (χ3v) is 4.31. The maximum atomic E-state index is 2.58. The molecule has 0 N–H and O–H groups in total. The van der Waals surface area contributed by atoms with Gasteiger partial charge < -0.3 is 0 Å². The van der Waals surface area contributed by atoms with Crippen molar-refractivity contribution < 1.29 is 0 Å². The summed E-state index contributed by atoms with van der Waals surface area (Å²) in [6.45, 7) is 6.95. The topological polar surface area (TPSA) is 0 Å². The van der Waals surface area contributed by atoms with Crippen molar-refractivity contribution in [3.05, 3.63) is 6.42 Å². The Morgan fingerprint density at radius 2 is 1.26 bits per heavy atom. The van der Waals surface area contributed by atoms with Gasteiger partial charge in [-0.2, -0.15) is 0 Å². The van der Waals surface area contributed by atoms with Gasteiger partial charge in [-0.05, 0) is 18.8 Å². The van der Waals surface area contributed by atoms with Crippen LogP contribution < -0.4 is 0 Å². The molecule has 0 aliphatic heterocycles. The van der Waals surface area contributed by atoms with Crippen LogP contribution in [0.5, 0.6) is 0 Å². The largest absolute Gasteiger partial charge is 0.0654 e. The molecule has 115 valence electrons. The molecule has 0 fully saturated rings.